The first-order chi connectivity index (χ1) is 9.54. The Labute approximate surface area is 114 Å². The Hall–Kier alpha value is -2.04. The third-order valence-corrected chi connectivity index (χ3v) is 3.26. The third kappa shape index (κ3) is 2.48. The first kappa shape index (κ1) is 13.0. The van der Waals surface area contributed by atoms with E-state index in [1.165, 1.54) is 6.07 Å². The molecule has 5 heteroatoms. The van der Waals surface area contributed by atoms with Crippen LogP contribution in [0.2, 0.25) is 0 Å². The van der Waals surface area contributed by atoms with Gasteiger partial charge in [0.25, 0.3) is 0 Å². The lowest BCUT2D eigenvalue weighted by molar-refractivity contribution is -0.137. The summed E-state index contributed by atoms with van der Waals surface area (Å²) in [6.07, 6.45) is 3.19. The lowest BCUT2D eigenvalue weighted by Crippen LogP contribution is -2.10. The number of fused-ring (bicyclic) bond motifs is 2. The Morgan fingerprint density at radius 1 is 1.20 bits per heavy atom. The minimum atomic E-state index is -4.37. The summed E-state index contributed by atoms with van der Waals surface area (Å²) in [6, 6.07) is 3.42. The lowest BCUT2D eigenvalue weighted by Gasteiger charge is -2.18. The van der Waals surface area contributed by atoms with Crippen LogP contribution in [0.4, 0.5) is 18.9 Å². The van der Waals surface area contributed by atoms with E-state index in [0.29, 0.717) is 5.69 Å². The van der Waals surface area contributed by atoms with Crippen LogP contribution in [-0.2, 0) is 6.18 Å². The molecule has 2 aliphatic rings. The number of ether oxygens (including phenoxy) is 1. The highest BCUT2D eigenvalue weighted by Crippen LogP contribution is 2.37. The molecule has 0 amide bonds. The molecule has 0 atom stereocenters. The molecular formula is C15H12F3NO. The fraction of sp³-hybridized carbons (Fsp3) is 0.267. The molecule has 1 aromatic rings. The topological polar surface area (TPSA) is 21.6 Å². The fourth-order valence-corrected chi connectivity index (χ4v) is 2.24. The number of allylic oxidation sites excluding steroid dienone is 3. The minimum absolute atomic E-state index is 0.178. The van der Waals surface area contributed by atoms with E-state index in [0.717, 1.165) is 36.3 Å². The molecule has 0 fully saturated rings. The molecule has 0 radical (unpaired) electrons. The van der Waals surface area contributed by atoms with Gasteiger partial charge in [-0.15, -0.1) is 0 Å². The van der Waals surface area contributed by atoms with E-state index in [2.05, 4.69) is 11.1 Å². The predicted molar refractivity (Wildman–Crippen MR) is 70.5 cm³/mol. The Morgan fingerprint density at radius 2 is 2.05 bits per heavy atom. The molecule has 0 bridgehead atoms. The van der Waals surface area contributed by atoms with Crippen molar-refractivity contribution in [2.45, 2.75) is 19.0 Å². The van der Waals surface area contributed by atoms with Crippen LogP contribution in [0.5, 0.6) is 5.75 Å². The summed E-state index contributed by atoms with van der Waals surface area (Å²) in [5.41, 5.74) is 1.62. The second-order valence-electron chi connectivity index (χ2n) is 4.65. The van der Waals surface area contributed by atoms with Crippen LogP contribution in [0.1, 0.15) is 18.4 Å². The van der Waals surface area contributed by atoms with Gasteiger partial charge in [0.05, 0.1) is 5.56 Å². The third-order valence-electron chi connectivity index (χ3n) is 3.26. The van der Waals surface area contributed by atoms with Crippen molar-refractivity contribution in [2.24, 2.45) is 4.99 Å². The van der Waals surface area contributed by atoms with E-state index in [4.69, 9.17) is 4.74 Å². The monoisotopic (exact) mass is 279 g/mol. The summed E-state index contributed by atoms with van der Waals surface area (Å²) in [6.45, 7) is 0.243. The van der Waals surface area contributed by atoms with Gasteiger partial charge < -0.3 is 4.74 Å². The van der Waals surface area contributed by atoms with Crippen LogP contribution in [0, 0.1) is 0 Å². The molecule has 1 aliphatic carbocycles. The average Bonchev–Trinajstić information content (AvgIpc) is 2.37. The van der Waals surface area contributed by atoms with Gasteiger partial charge in [0.1, 0.15) is 18.0 Å². The van der Waals surface area contributed by atoms with Crippen molar-refractivity contribution in [3.8, 4) is 5.75 Å². The summed E-state index contributed by atoms with van der Waals surface area (Å²) in [5, 5.41) is 0. The molecule has 0 saturated heterocycles. The number of halogens is 3. The molecule has 0 aromatic heterocycles. The largest absolute Gasteiger partial charge is 0.487 e. The zero-order valence-corrected chi connectivity index (χ0v) is 10.6. The van der Waals surface area contributed by atoms with E-state index < -0.39 is 11.7 Å². The van der Waals surface area contributed by atoms with Crippen LogP contribution >= 0.6 is 0 Å². The van der Waals surface area contributed by atoms with E-state index in [-0.39, 0.29) is 12.4 Å². The zero-order valence-electron chi connectivity index (χ0n) is 10.6. The van der Waals surface area contributed by atoms with Crippen LogP contribution < -0.4 is 4.74 Å². The van der Waals surface area contributed by atoms with Crippen LogP contribution in [-0.4, -0.2) is 12.3 Å². The predicted octanol–water partition coefficient (Wildman–Crippen LogP) is 4.45. The molecule has 0 unspecified atom stereocenters. The van der Waals surface area contributed by atoms with Gasteiger partial charge in [-0.2, -0.15) is 13.2 Å². The van der Waals surface area contributed by atoms with E-state index in [1.807, 2.05) is 12.2 Å². The first-order valence-corrected chi connectivity index (χ1v) is 6.33. The van der Waals surface area contributed by atoms with Crippen molar-refractivity contribution in [1.29, 1.82) is 0 Å². The van der Waals surface area contributed by atoms with Crippen LogP contribution in [0.3, 0.4) is 0 Å². The fourth-order valence-electron chi connectivity index (χ4n) is 2.24. The summed E-state index contributed by atoms with van der Waals surface area (Å²) >= 11 is 0. The number of benzene rings is 1. The van der Waals surface area contributed by atoms with E-state index >= 15 is 0 Å². The Kier molecular flexibility index (Phi) is 3.12. The molecule has 0 N–H and O–H groups in total. The molecule has 2 nitrogen and oxygen atoms in total. The van der Waals surface area contributed by atoms with Crippen molar-refractivity contribution >= 4 is 11.4 Å². The van der Waals surface area contributed by atoms with E-state index in [9.17, 15) is 13.2 Å². The lowest BCUT2D eigenvalue weighted by atomic mass is 9.98. The molecule has 20 heavy (non-hydrogen) atoms. The molecule has 1 aliphatic heterocycles. The van der Waals surface area contributed by atoms with Crippen molar-refractivity contribution in [2.75, 3.05) is 6.61 Å². The highest BCUT2D eigenvalue weighted by Gasteiger charge is 2.31. The van der Waals surface area contributed by atoms with Gasteiger partial charge in [-0.3, -0.25) is 0 Å². The number of aliphatic imine (C=N–C) groups is 1. The summed E-state index contributed by atoms with van der Waals surface area (Å²) in [7, 11) is 0. The highest BCUT2D eigenvalue weighted by atomic mass is 19.4. The standard InChI is InChI=1S/C15H12F3NO/c16-15(17,18)11-5-6-13-14(9-11)20-8-7-10-3-1-2-4-12(10)19-13/h1,3,5-7,9H,2,4,8H2. The van der Waals surface area contributed by atoms with E-state index in [1.54, 1.807) is 0 Å². The van der Waals surface area contributed by atoms with Crippen LogP contribution in [0.15, 0.2) is 47.0 Å². The zero-order chi connectivity index (χ0) is 14.2. The molecule has 0 saturated carbocycles. The second-order valence-corrected chi connectivity index (χ2v) is 4.65. The molecule has 3 rings (SSSR count). The van der Waals surface area contributed by atoms with Crippen molar-refractivity contribution < 1.29 is 17.9 Å². The van der Waals surface area contributed by atoms with Gasteiger partial charge in [-0.1, -0.05) is 12.2 Å². The van der Waals surface area contributed by atoms with Crippen molar-refractivity contribution in [3.63, 3.8) is 0 Å². The summed E-state index contributed by atoms with van der Waals surface area (Å²) in [4.78, 5) is 4.45. The number of alkyl halides is 3. The van der Waals surface area contributed by atoms with Crippen LogP contribution in [0.25, 0.3) is 0 Å². The maximum Gasteiger partial charge on any atom is 0.416 e. The van der Waals surface area contributed by atoms with Gasteiger partial charge in [0.2, 0.25) is 0 Å². The number of hydrogen-bond donors (Lipinski definition) is 0. The Bertz CT molecular complexity index is 626. The minimum Gasteiger partial charge on any atom is -0.487 e. The summed E-state index contributed by atoms with van der Waals surface area (Å²) in [5.74, 6) is 0.178. The molecule has 1 aromatic carbocycles. The van der Waals surface area contributed by atoms with Crippen molar-refractivity contribution in [3.05, 3.63) is 47.6 Å². The number of rotatable bonds is 0. The van der Waals surface area contributed by atoms with Gasteiger partial charge in [0.15, 0.2) is 0 Å². The molecule has 1 heterocycles. The second kappa shape index (κ2) is 4.81. The molecular weight excluding hydrogens is 267 g/mol. The van der Waals surface area contributed by atoms with Gasteiger partial charge >= 0.3 is 6.18 Å². The average molecular weight is 279 g/mol. The maximum absolute atomic E-state index is 12.7. The summed E-state index contributed by atoms with van der Waals surface area (Å²) < 4.78 is 43.5. The van der Waals surface area contributed by atoms with Gasteiger partial charge in [-0.25, -0.2) is 4.99 Å². The maximum atomic E-state index is 12.7. The Balaban J connectivity index is 2.05. The quantitative estimate of drug-likeness (QED) is 0.687. The first-order valence-electron chi connectivity index (χ1n) is 6.33. The SMILES string of the molecule is FC(F)(F)c1ccc2c(c1)OCC=C1C=CCCC1=N2. The molecule has 104 valence electrons. The Morgan fingerprint density at radius 3 is 2.85 bits per heavy atom. The number of hydrogen-bond acceptors (Lipinski definition) is 2. The smallest absolute Gasteiger partial charge is 0.416 e. The number of nitrogens with zero attached hydrogens (tertiary/aromatic N) is 1. The van der Waals surface area contributed by atoms with Crippen molar-refractivity contribution in [1.82, 2.24) is 0 Å². The highest BCUT2D eigenvalue weighted by molar-refractivity contribution is 6.05. The van der Waals surface area contributed by atoms with Gasteiger partial charge in [-0.05, 0) is 42.7 Å². The van der Waals surface area contributed by atoms with Gasteiger partial charge in [0, 0.05) is 5.71 Å². The normalized spacial score (nSPS) is 17.9. The molecule has 0 spiro atoms.